The topological polar surface area (TPSA) is 42.2 Å². The number of hydrogen-bond donors (Lipinski definition) is 0. The first kappa shape index (κ1) is 18.0. The molecular weight excluding hydrogens is 348 g/mol. The number of anilines is 1. The Labute approximate surface area is 165 Å². The maximum Gasteiger partial charge on any atom is 0.274 e. The Hall–Kier alpha value is -3.34. The number of H-pyrrole nitrogens is 1. The van der Waals surface area contributed by atoms with E-state index in [4.69, 9.17) is 4.74 Å². The van der Waals surface area contributed by atoms with Crippen LogP contribution in [-0.2, 0) is 6.61 Å². The van der Waals surface area contributed by atoms with Crippen molar-refractivity contribution < 1.29 is 9.72 Å². The average Bonchev–Trinajstić information content (AvgIpc) is 2.78. The van der Waals surface area contributed by atoms with Gasteiger partial charge in [0.25, 0.3) is 5.82 Å². The predicted octanol–water partition coefficient (Wildman–Crippen LogP) is 3.24. The third-order valence-corrected chi connectivity index (χ3v) is 4.77. The van der Waals surface area contributed by atoms with Crippen LogP contribution in [0.15, 0.2) is 84.1 Å². The number of pyridine rings is 1. The lowest BCUT2D eigenvalue weighted by Crippen LogP contribution is -2.45. The Morgan fingerprint density at radius 3 is 2.50 bits per heavy atom. The summed E-state index contributed by atoms with van der Waals surface area (Å²) in [4.78, 5) is 5.65. The van der Waals surface area contributed by atoms with E-state index in [0.29, 0.717) is 6.61 Å². The summed E-state index contributed by atoms with van der Waals surface area (Å²) in [5, 5.41) is 6.78. The lowest BCUT2D eigenvalue weighted by Gasteiger charge is -2.28. The van der Waals surface area contributed by atoms with Crippen molar-refractivity contribution in [3.05, 3.63) is 90.1 Å². The zero-order valence-corrected chi connectivity index (χ0v) is 15.9. The molecule has 1 N–H and O–H groups in total. The first-order valence-corrected chi connectivity index (χ1v) is 9.64. The highest BCUT2D eigenvalue weighted by Gasteiger charge is 2.21. The molecule has 0 atom stereocenters. The molecule has 2 aromatic carbocycles. The van der Waals surface area contributed by atoms with Crippen LogP contribution >= 0.6 is 0 Å². The van der Waals surface area contributed by atoms with Crippen molar-refractivity contribution in [2.75, 3.05) is 31.1 Å². The van der Waals surface area contributed by atoms with E-state index in [1.54, 1.807) is 0 Å². The highest BCUT2D eigenvalue weighted by molar-refractivity contribution is 5.80. The van der Waals surface area contributed by atoms with Crippen LogP contribution in [0.3, 0.4) is 0 Å². The minimum absolute atomic E-state index is 0.569. The number of piperazine rings is 1. The number of ether oxygens (including phenoxy) is 1. The molecule has 1 aliphatic heterocycles. The van der Waals surface area contributed by atoms with Crippen molar-refractivity contribution in [2.24, 2.45) is 5.10 Å². The Morgan fingerprint density at radius 1 is 0.893 bits per heavy atom. The van der Waals surface area contributed by atoms with Crippen LogP contribution in [0.1, 0.15) is 11.1 Å². The number of rotatable bonds is 6. The summed E-state index contributed by atoms with van der Waals surface area (Å²) >= 11 is 0. The quantitative estimate of drug-likeness (QED) is 0.623. The van der Waals surface area contributed by atoms with Gasteiger partial charge in [-0.25, -0.2) is 4.98 Å². The summed E-state index contributed by atoms with van der Waals surface area (Å²) < 4.78 is 5.90. The molecule has 142 valence electrons. The van der Waals surface area contributed by atoms with E-state index in [-0.39, 0.29) is 0 Å². The standard InChI is InChI=1S/C23H24N4O/c1-2-7-20(8-3-1)19-28-22-10-6-9-21(17-22)18-25-27-15-13-26(14-16-27)23-11-4-5-12-24-23/h1-12,17-18H,13-16,19H2/p+1/b25-18-. The van der Waals surface area contributed by atoms with Gasteiger partial charge in [-0.3, -0.25) is 9.91 Å². The van der Waals surface area contributed by atoms with E-state index in [1.165, 1.54) is 0 Å². The second-order valence-electron chi connectivity index (χ2n) is 6.78. The molecule has 0 unspecified atom stereocenters. The molecule has 28 heavy (non-hydrogen) atoms. The van der Waals surface area contributed by atoms with Gasteiger partial charge in [-0.15, -0.1) is 0 Å². The van der Waals surface area contributed by atoms with Gasteiger partial charge in [0.2, 0.25) is 0 Å². The van der Waals surface area contributed by atoms with E-state index >= 15 is 0 Å². The lowest BCUT2D eigenvalue weighted by atomic mass is 10.2. The fourth-order valence-electron chi connectivity index (χ4n) is 3.21. The van der Waals surface area contributed by atoms with Gasteiger partial charge in [-0.2, -0.15) is 5.10 Å². The van der Waals surface area contributed by atoms with Gasteiger partial charge >= 0.3 is 0 Å². The molecule has 1 saturated heterocycles. The summed E-state index contributed by atoms with van der Waals surface area (Å²) in [5.41, 5.74) is 2.21. The van der Waals surface area contributed by atoms with Crippen molar-refractivity contribution >= 4 is 12.0 Å². The zero-order valence-electron chi connectivity index (χ0n) is 15.9. The Morgan fingerprint density at radius 2 is 1.71 bits per heavy atom. The molecule has 0 saturated carbocycles. The monoisotopic (exact) mass is 373 g/mol. The summed E-state index contributed by atoms with van der Waals surface area (Å²) in [6.07, 6.45) is 3.88. The number of nitrogens with zero attached hydrogens (tertiary/aromatic N) is 3. The SMILES string of the molecule is C(=N/N1CCN(c2cccc[nH+]2)CC1)/c1cccc(OCc2ccccc2)c1. The van der Waals surface area contributed by atoms with Crippen LogP contribution in [0, 0.1) is 0 Å². The van der Waals surface area contributed by atoms with Gasteiger partial charge in [0.05, 0.1) is 25.5 Å². The summed E-state index contributed by atoms with van der Waals surface area (Å²) in [6, 6.07) is 24.4. The molecule has 5 heteroatoms. The van der Waals surface area contributed by atoms with Gasteiger partial charge in [0, 0.05) is 6.07 Å². The number of hydrazone groups is 1. The molecule has 4 rings (SSSR count). The Kier molecular flexibility index (Phi) is 5.83. The third-order valence-electron chi connectivity index (χ3n) is 4.77. The molecule has 1 aliphatic rings. The van der Waals surface area contributed by atoms with Crippen molar-refractivity contribution in [1.29, 1.82) is 0 Å². The largest absolute Gasteiger partial charge is 0.489 e. The van der Waals surface area contributed by atoms with Gasteiger partial charge in [-0.1, -0.05) is 48.5 Å². The normalized spacial score (nSPS) is 14.4. The number of aromatic nitrogens is 1. The fraction of sp³-hybridized carbons (Fsp3) is 0.217. The molecule has 0 amide bonds. The Bertz CT molecular complexity index is 891. The minimum atomic E-state index is 0.569. The molecule has 0 bridgehead atoms. The number of nitrogens with one attached hydrogen (secondary N) is 1. The zero-order chi connectivity index (χ0) is 19.0. The first-order valence-electron chi connectivity index (χ1n) is 9.64. The number of hydrogen-bond acceptors (Lipinski definition) is 4. The Balaban J connectivity index is 1.30. The van der Waals surface area contributed by atoms with E-state index in [9.17, 15) is 0 Å². The molecule has 1 fully saturated rings. The van der Waals surface area contributed by atoms with Gasteiger partial charge < -0.3 is 4.74 Å². The van der Waals surface area contributed by atoms with Crippen LogP contribution < -0.4 is 14.6 Å². The van der Waals surface area contributed by atoms with Crippen molar-refractivity contribution in [2.45, 2.75) is 6.61 Å². The van der Waals surface area contributed by atoms with Crippen LogP contribution in [0.2, 0.25) is 0 Å². The van der Waals surface area contributed by atoms with E-state index in [2.05, 4.69) is 44.3 Å². The minimum Gasteiger partial charge on any atom is -0.489 e. The molecular formula is C23H25N4O+. The maximum absolute atomic E-state index is 5.90. The second-order valence-corrected chi connectivity index (χ2v) is 6.78. The molecule has 3 aromatic rings. The fourth-order valence-corrected chi connectivity index (χ4v) is 3.21. The molecule has 2 heterocycles. The first-order chi connectivity index (χ1) is 13.9. The van der Waals surface area contributed by atoms with Crippen LogP contribution in [-0.4, -0.2) is 37.4 Å². The van der Waals surface area contributed by atoms with E-state index < -0.39 is 0 Å². The molecule has 1 aromatic heterocycles. The highest BCUT2D eigenvalue weighted by Crippen LogP contribution is 2.15. The van der Waals surface area contributed by atoms with Crippen molar-refractivity contribution in [1.82, 2.24) is 5.01 Å². The van der Waals surface area contributed by atoms with Crippen LogP contribution in [0.4, 0.5) is 5.82 Å². The predicted molar refractivity (Wildman–Crippen MR) is 112 cm³/mol. The molecule has 0 aliphatic carbocycles. The van der Waals surface area contributed by atoms with Crippen molar-refractivity contribution in [3.8, 4) is 5.75 Å². The van der Waals surface area contributed by atoms with Gasteiger partial charge in [-0.05, 0) is 29.3 Å². The molecule has 0 radical (unpaired) electrons. The van der Waals surface area contributed by atoms with Gasteiger partial charge in [0.1, 0.15) is 25.4 Å². The highest BCUT2D eigenvalue weighted by atomic mass is 16.5. The average molecular weight is 373 g/mol. The summed E-state index contributed by atoms with van der Waals surface area (Å²) in [5.74, 6) is 2.02. The number of aromatic amines is 1. The summed E-state index contributed by atoms with van der Waals surface area (Å²) in [7, 11) is 0. The number of benzene rings is 2. The summed E-state index contributed by atoms with van der Waals surface area (Å²) in [6.45, 7) is 4.29. The molecule has 5 nitrogen and oxygen atoms in total. The molecule has 0 spiro atoms. The second kappa shape index (κ2) is 9.04. The smallest absolute Gasteiger partial charge is 0.274 e. The lowest BCUT2D eigenvalue weighted by molar-refractivity contribution is -0.364. The van der Waals surface area contributed by atoms with Crippen LogP contribution in [0.5, 0.6) is 5.75 Å². The van der Waals surface area contributed by atoms with E-state index in [0.717, 1.165) is 48.9 Å². The maximum atomic E-state index is 5.90. The van der Waals surface area contributed by atoms with Gasteiger partial charge in [0.15, 0.2) is 0 Å². The van der Waals surface area contributed by atoms with Crippen molar-refractivity contribution in [3.63, 3.8) is 0 Å². The third kappa shape index (κ3) is 4.88. The van der Waals surface area contributed by atoms with E-state index in [1.807, 2.05) is 60.9 Å². The van der Waals surface area contributed by atoms with Crippen LogP contribution in [0.25, 0.3) is 0 Å².